The Balaban J connectivity index is 1.35. The van der Waals surface area contributed by atoms with Gasteiger partial charge >= 0.3 is 0 Å². The van der Waals surface area contributed by atoms with Crippen molar-refractivity contribution < 1.29 is 0 Å². The normalized spacial score (nSPS) is 11.7. The van der Waals surface area contributed by atoms with Crippen molar-refractivity contribution in [1.82, 2.24) is 0 Å². The molecule has 0 unspecified atom stereocenters. The maximum absolute atomic E-state index is 4.55. The average molecular weight is 452 g/mol. The first kappa shape index (κ1) is 21.8. The van der Waals surface area contributed by atoms with Crippen molar-refractivity contribution in [2.24, 2.45) is 15.0 Å². The van der Waals surface area contributed by atoms with Gasteiger partial charge in [-0.25, -0.2) is 0 Å². The molecule has 0 N–H and O–H groups in total. The summed E-state index contributed by atoms with van der Waals surface area (Å²) in [6.07, 6.45) is 5.54. The molecular formula is C27H21N3S2. The molecule has 5 heteroatoms. The van der Waals surface area contributed by atoms with E-state index in [0.29, 0.717) is 0 Å². The van der Waals surface area contributed by atoms with Gasteiger partial charge in [-0.1, -0.05) is 36.4 Å². The van der Waals surface area contributed by atoms with Crippen molar-refractivity contribution in [3.63, 3.8) is 0 Å². The van der Waals surface area contributed by atoms with Crippen molar-refractivity contribution in [2.75, 3.05) is 0 Å². The van der Waals surface area contributed by atoms with Gasteiger partial charge < -0.3 is 0 Å². The molecule has 0 heterocycles. The van der Waals surface area contributed by atoms with Crippen molar-refractivity contribution in [1.29, 1.82) is 0 Å². The molecule has 0 radical (unpaired) electrons. The SMILES string of the molecule is Sc1ccc(C=Nc2ccc(N=Cc3ccc(C=Nc4ccc(S)cc4)cc3)cc2)cc1. The van der Waals surface area contributed by atoms with Gasteiger partial charge in [-0.2, -0.15) is 0 Å². The molecule has 0 aliphatic carbocycles. The highest BCUT2D eigenvalue weighted by Gasteiger charge is 1.94. The van der Waals surface area contributed by atoms with Crippen molar-refractivity contribution in [3.8, 4) is 0 Å². The van der Waals surface area contributed by atoms with E-state index in [-0.39, 0.29) is 0 Å². The van der Waals surface area contributed by atoms with Crippen LogP contribution in [0.25, 0.3) is 0 Å². The summed E-state index contributed by atoms with van der Waals surface area (Å²) in [6, 6.07) is 31.5. The Hall–Kier alpha value is -3.41. The average Bonchev–Trinajstić information content (AvgIpc) is 2.83. The standard InChI is InChI=1S/C27H21N3S2/c31-26-13-5-22(6-14-26)19-29-24-9-7-23(8-10-24)28-17-20-1-3-21(4-2-20)18-30-25-11-15-27(32)16-12-25/h1-19,31-32H. The van der Waals surface area contributed by atoms with Crippen LogP contribution in [0, 0.1) is 0 Å². The van der Waals surface area contributed by atoms with Gasteiger partial charge in [0.15, 0.2) is 0 Å². The monoisotopic (exact) mass is 451 g/mol. The largest absolute Gasteiger partial charge is 0.256 e. The lowest BCUT2D eigenvalue weighted by Crippen LogP contribution is -1.84. The minimum Gasteiger partial charge on any atom is -0.256 e. The van der Waals surface area contributed by atoms with Gasteiger partial charge in [-0.05, 0) is 77.4 Å². The quantitative estimate of drug-likeness (QED) is 0.225. The van der Waals surface area contributed by atoms with Gasteiger partial charge in [-0.15, -0.1) is 25.3 Å². The molecule has 156 valence electrons. The lowest BCUT2D eigenvalue weighted by Gasteiger charge is -1.98. The highest BCUT2D eigenvalue weighted by molar-refractivity contribution is 7.80. The van der Waals surface area contributed by atoms with Gasteiger partial charge in [0, 0.05) is 28.4 Å². The Morgan fingerprint density at radius 1 is 0.375 bits per heavy atom. The zero-order chi connectivity index (χ0) is 22.2. The fraction of sp³-hybridized carbons (Fsp3) is 0. The zero-order valence-corrected chi connectivity index (χ0v) is 19.0. The molecular weight excluding hydrogens is 430 g/mol. The van der Waals surface area contributed by atoms with Crippen LogP contribution in [-0.4, -0.2) is 18.6 Å². The third-order valence-electron chi connectivity index (χ3n) is 4.62. The number of nitrogens with zero attached hydrogens (tertiary/aromatic N) is 3. The van der Waals surface area contributed by atoms with Crippen LogP contribution < -0.4 is 0 Å². The molecule has 4 rings (SSSR count). The van der Waals surface area contributed by atoms with E-state index in [1.165, 1.54) is 0 Å². The summed E-state index contributed by atoms with van der Waals surface area (Å²) >= 11 is 8.58. The van der Waals surface area contributed by atoms with Crippen LogP contribution in [0.1, 0.15) is 16.7 Å². The highest BCUT2D eigenvalue weighted by atomic mass is 32.1. The lowest BCUT2D eigenvalue weighted by molar-refractivity contribution is 1.43. The van der Waals surface area contributed by atoms with Crippen LogP contribution in [0.5, 0.6) is 0 Å². The summed E-state index contributed by atoms with van der Waals surface area (Å²) in [4.78, 5) is 15.4. The lowest BCUT2D eigenvalue weighted by atomic mass is 10.1. The second-order valence-electron chi connectivity index (χ2n) is 7.07. The van der Waals surface area contributed by atoms with Crippen LogP contribution in [0.3, 0.4) is 0 Å². The van der Waals surface area contributed by atoms with E-state index >= 15 is 0 Å². The van der Waals surface area contributed by atoms with Gasteiger partial charge in [-0.3, -0.25) is 15.0 Å². The Labute approximate surface area is 199 Å². The molecule has 4 aromatic carbocycles. The summed E-state index contributed by atoms with van der Waals surface area (Å²) in [5, 5.41) is 0. The third kappa shape index (κ3) is 6.54. The van der Waals surface area contributed by atoms with E-state index < -0.39 is 0 Å². The van der Waals surface area contributed by atoms with Gasteiger partial charge in [0.25, 0.3) is 0 Å². The Morgan fingerprint density at radius 3 is 0.969 bits per heavy atom. The van der Waals surface area contributed by atoms with Gasteiger partial charge in [0.05, 0.1) is 17.1 Å². The Kier molecular flexibility index (Phi) is 7.33. The molecule has 0 amide bonds. The maximum Gasteiger partial charge on any atom is 0.0631 e. The predicted octanol–water partition coefficient (Wildman–Crippen LogP) is 7.52. The topological polar surface area (TPSA) is 37.1 Å². The summed E-state index contributed by atoms with van der Waals surface area (Å²) in [5.41, 5.74) is 5.75. The number of rotatable bonds is 6. The number of hydrogen-bond donors (Lipinski definition) is 2. The highest BCUT2D eigenvalue weighted by Crippen LogP contribution is 2.19. The number of hydrogen-bond acceptors (Lipinski definition) is 5. The van der Waals surface area contributed by atoms with E-state index in [4.69, 9.17) is 0 Å². The Bertz CT molecular complexity index is 1140. The first-order chi connectivity index (χ1) is 15.6. The van der Waals surface area contributed by atoms with E-state index in [0.717, 1.165) is 43.5 Å². The van der Waals surface area contributed by atoms with Crippen molar-refractivity contribution >= 4 is 61.0 Å². The molecule has 0 bridgehead atoms. The van der Waals surface area contributed by atoms with Gasteiger partial charge in [0.2, 0.25) is 0 Å². The van der Waals surface area contributed by atoms with Crippen molar-refractivity contribution in [3.05, 3.63) is 114 Å². The molecule has 0 atom stereocenters. The molecule has 3 nitrogen and oxygen atoms in total. The first-order valence-electron chi connectivity index (χ1n) is 10.0. The molecule has 0 aromatic heterocycles. The predicted molar refractivity (Wildman–Crippen MR) is 142 cm³/mol. The third-order valence-corrected chi connectivity index (χ3v) is 5.21. The second kappa shape index (κ2) is 10.8. The summed E-state index contributed by atoms with van der Waals surface area (Å²) in [6.45, 7) is 0. The first-order valence-corrected chi connectivity index (χ1v) is 10.9. The fourth-order valence-electron chi connectivity index (χ4n) is 2.84. The van der Waals surface area contributed by atoms with Crippen LogP contribution in [0.15, 0.2) is 122 Å². The van der Waals surface area contributed by atoms with E-state index in [1.807, 2.05) is 116 Å². The van der Waals surface area contributed by atoms with Crippen LogP contribution in [0.4, 0.5) is 17.1 Å². The van der Waals surface area contributed by atoms with E-state index in [1.54, 1.807) is 0 Å². The van der Waals surface area contributed by atoms with Crippen molar-refractivity contribution in [2.45, 2.75) is 9.79 Å². The fourth-order valence-corrected chi connectivity index (χ4v) is 3.14. The minimum atomic E-state index is 0.877. The molecule has 4 aromatic rings. The minimum absolute atomic E-state index is 0.877. The summed E-state index contributed by atoms with van der Waals surface area (Å²) < 4.78 is 0. The van der Waals surface area contributed by atoms with Crippen LogP contribution >= 0.6 is 25.3 Å². The summed E-state index contributed by atoms with van der Waals surface area (Å²) in [7, 11) is 0. The van der Waals surface area contributed by atoms with E-state index in [9.17, 15) is 0 Å². The maximum atomic E-state index is 4.55. The van der Waals surface area contributed by atoms with E-state index in [2.05, 4.69) is 40.2 Å². The number of thiol groups is 2. The molecule has 0 aliphatic heterocycles. The Morgan fingerprint density at radius 2 is 0.625 bits per heavy atom. The molecule has 0 saturated carbocycles. The van der Waals surface area contributed by atoms with Crippen LogP contribution in [-0.2, 0) is 0 Å². The molecule has 32 heavy (non-hydrogen) atoms. The number of aliphatic imine (C=N–C) groups is 3. The smallest absolute Gasteiger partial charge is 0.0631 e. The number of benzene rings is 4. The second-order valence-corrected chi connectivity index (χ2v) is 8.10. The molecule has 0 spiro atoms. The summed E-state index contributed by atoms with van der Waals surface area (Å²) in [5.74, 6) is 0. The van der Waals surface area contributed by atoms with Crippen LogP contribution in [0.2, 0.25) is 0 Å². The zero-order valence-electron chi connectivity index (χ0n) is 17.2. The molecule has 0 aliphatic rings. The molecule has 0 fully saturated rings. The molecule has 0 saturated heterocycles. The van der Waals surface area contributed by atoms with Gasteiger partial charge in [0.1, 0.15) is 0 Å².